The van der Waals surface area contributed by atoms with Crippen LogP contribution in [0.4, 0.5) is 5.69 Å². The SMILES string of the molecule is C=CC(=C)C(=C)/C=C\C(=C)Nc1ccc(-c2ccccc2)cc1.CC. The van der Waals surface area contributed by atoms with Crippen LogP contribution in [0.1, 0.15) is 13.8 Å². The normalized spacial score (nSPS) is 9.68. The van der Waals surface area contributed by atoms with Crippen LogP contribution >= 0.6 is 0 Å². The monoisotopic (exact) mass is 329 g/mol. The summed E-state index contributed by atoms with van der Waals surface area (Å²) in [5.41, 5.74) is 5.80. The van der Waals surface area contributed by atoms with Gasteiger partial charge in [0, 0.05) is 11.4 Å². The van der Waals surface area contributed by atoms with Crippen molar-refractivity contribution in [3.05, 3.63) is 116 Å². The van der Waals surface area contributed by atoms with Crippen molar-refractivity contribution in [2.75, 3.05) is 5.32 Å². The molecule has 0 amide bonds. The van der Waals surface area contributed by atoms with E-state index in [-0.39, 0.29) is 0 Å². The molecule has 0 aliphatic rings. The lowest BCUT2D eigenvalue weighted by molar-refractivity contribution is 1.48. The molecule has 0 fully saturated rings. The van der Waals surface area contributed by atoms with Crippen LogP contribution in [0.5, 0.6) is 0 Å². The molecule has 128 valence electrons. The molecule has 0 atom stereocenters. The van der Waals surface area contributed by atoms with Gasteiger partial charge in [-0.25, -0.2) is 0 Å². The number of anilines is 1. The van der Waals surface area contributed by atoms with Crippen LogP contribution in [-0.4, -0.2) is 0 Å². The maximum atomic E-state index is 3.99. The zero-order valence-electron chi connectivity index (χ0n) is 15.3. The highest BCUT2D eigenvalue weighted by Crippen LogP contribution is 2.21. The Morgan fingerprint density at radius 2 is 1.32 bits per heavy atom. The summed E-state index contributed by atoms with van der Waals surface area (Å²) in [6.07, 6.45) is 5.44. The van der Waals surface area contributed by atoms with Gasteiger partial charge in [-0.1, -0.05) is 94.8 Å². The fourth-order valence-electron chi connectivity index (χ4n) is 2.04. The van der Waals surface area contributed by atoms with E-state index in [0.29, 0.717) is 0 Å². The topological polar surface area (TPSA) is 12.0 Å². The summed E-state index contributed by atoms with van der Waals surface area (Å²) in [5.74, 6) is 0. The van der Waals surface area contributed by atoms with Crippen LogP contribution in [0, 0.1) is 0 Å². The standard InChI is InChI=1S/C22H21N.C2H6/c1-5-17(2)18(3)11-12-19(4)23-22-15-13-21(14-16-22)20-9-7-6-8-10-20;1-2/h5-16,23H,1-4H2;1-2H3/b12-11-;. The van der Waals surface area contributed by atoms with E-state index >= 15 is 0 Å². The summed E-state index contributed by atoms with van der Waals surface area (Å²) in [6.45, 7) is 19.4. The molecular weight excluding hydrogens is 302 g/mol. The number of rotatable bonds is 7. The molecule has 2 rings (SSSR count). The van der Waals surface area contributed by atoms with Crippen molar-refractivity contribution < 1.29 is 0 Å². The fourth-order valence-corrected chi connectivity index (χ4v) is 2.04. The van der Waals surface area contributed by atoms with Crippen molar-refractivity contribution in [3.63, 3.8) is 0 Å². The third-order valence-electron chi connectivity index (χ3n) is 3.44. The Bertz CT molecular complexity index is 746. The van der Waals surface area contributed by atoms with E-state index < -0.39 is 0 Å². The van der Waals surface area contributed by atoms with Gasteiger partial charge in [0.2, 0.25) is 0 Å². The number of hydrogen-bond acceptors (Lipinski definition) is 1. The summed E-state index contributed by atoms with van der Waals surface area (Å²) in [5, 5.41) is 3.25. The predicted molar refractivity (Wildman–Crippen MR) is 114 cm³/mol. The van der Waals surface area contributed by atoms with E-state index in [4.69, 9.17) is 0 Å². The average molecular weight is 329 g/mol. The molecule has 2 aromatic rings. The van der Waals surface area contributed by atoms with Gasteiger partial charge in [-0.15, -0.1) is 0 Å². The van der Waals surface area contributed by atoms with Gasteiger partial charge in [0.25, 0.3) is 0 Å². The lowest BCUT2D eigenvalue weighted by atomic mass is 10.1. The Labute approximate surface area is 152 Å². The molecule has 25 heavy (non-hydrogen) atoms. The molecule has 0 saturated heterocycles. The minimum atomic E-state index is 0.787. The van der Waals surface area contributed by atoms with E-state index in [2.05, 4.69) is 55.9 Å². The largest absolute Gasteiger partial charge is 0.356 e. The van der Waals surface area contributed by atoms with Gasteiger partial charge in [-0.3, -0.25) is 0 Å². The number of benzene rings is 2. The minimum absolute atomic E-state index is 0.787. The highest BCUT2D eigenvalue weighted by Gasteiger charge is 1.98. The van der Waals surface area contributed by atoms with Gasteiger partial charge >= 0.3 is 0 Å². The van der Waals surface area contributed by atoms with Crippen molar-refractivity contribution in [2.24, 2.45) is 0 Å². The zero-order chi connectivity index (χ0) is 18.7. The first-order valence-electron chi connectivity index (χ1n) is 8.40. The van der Waals surface area contributed by atoms with E-state index in [1.807, 2.05) is 56.3 Å². The van der Waals surface area contributed by atoms with Crippen LogP contribution in [0.15, 0.2) is 116 Å². The van der Waals surface area contributed by atoms with E-state index in [9.17, 15) is 0 Å². The summed E-state index contributed by atoms with van der Waals surface area (Å²) >= 11 is 0. The van der Waals surface area contributed by atoms with Crippen LogP contribution in [0.2, 0.25) is 0 Å². The van der Waals surface area contributed by atoms with Crippen LogP contribution in [-0.2, 0) is 0 Å². The molecule has 2 aromatic carbocycles. The van der Waals surface area contributed by atoms with E-state index in [1.165, 1.54) is 11.1 Å². The second-order valence-corrected chi connectivity index (χ2v) is 5.18. The predicted octanol–water partition coefficient (Wildman–Crippen LogP) is 7.16. The molecular formula is C24H27N. The quantitative estimate of drug-likeness (QED) is 0.531. The lowest BCUT2D eigenvalue weighted by Gasteiger charge is -2.08. The Morgan fingerprint density at radius 1 is 0.760 bits per heavy atom. The first-order chi connectivity index (χ1) is 12.1. The van der Waals surface area contributed by atoms with E-state index in [1.54, 1.807) is 6.08 Å². The van der Waals surface area contributed by atoms with Crippen LogP contribution in [0.25, 0.3) is 11.1 Å². The van der Waals surface area contributed by atoms with Gasteiger partial charge in [0.15, 0.2) is 0 Å². The van der Waals surface area contributed by atoms with Crippen molar-refractivity contribution in [2.45, 2.75) is 13.8 Å². The Balaban J connectivity index is 0.00000151. The third-order valence-corrected chi connectivity index (χ3v) is 3.44. The van der Waals surface area contributed by atoms with Crippen molar-refractivity contribution in [3.8, 4) is 11.1 Å². The molecule has 0 heterocycles. The first kappa shape index (κ1) is 20.0. The minimum Gasteiger partial charge on any atom is -0.356 e. The summed E-state index contributed by atoms with van der Waals surface area (Å²) < 4.78 is 0. The van der Waals surface area contributed by atoms with Crippen LogP contribution in [0.3, 0.4) is 0 Å². The van der Waals surface area contributed by atoms with Gasteiger partial charge in [0.05, 0.1) is 0 Å². The smallest absolute Gasteiger partial charge is 0.0384 e. The highest BCUT2D eigenvalue weighted by molar-refractivity contribution is 5.66. The number of allylic oxidation sites excluding steroid dienone is 5. The van der Waals surface area contributed by atoms with Crippen LogP contribution < -0.4 is 5.32 Å². The summed E-state index contributed by atoms with van der Waals surface area (Å²) in [4.78, 5) is 0. The van der Waals surface area contributed by atoms with Gasteiger partial charge in [-0.05, 0) is 40.5 Å². The molecule has 0 aliphatic carbocycles. The number of hydrogen-bond donors (Lipinski definition) is 1. The van der Waals surface area contributed by atoms with Gasteiger partial charge in [0.1, 0.15) is 0 Å². The van der Waals surface area contributed by atoms with Crippen molar-refractivity contribution >= 4 is 5.69 Å². The molecule has 0 spiro atoms. The zero-order valence-corrected chi connectivity index (χ0v) is 15.3. The van der Waals surface area contributed by atoms with Gasteiger partial charge in [-0.2, -0.15) is 0 Å². The Hall–Kier alpha value is -3.06. The van der Waals surface area contributed by atoms with Crippen molar-refractivity contribution in [1.82, 2.24) is 0 Å². The lowest BCUT2D eigenvalue weighted by Crippen LogP contribution is -1.95. The molecule has 0 unspecified atom stereocenters. The molecule has 1 N–H and O–H groups in total. The number of nitrogens with one attached hydrogen (secondary N) is 1. The Kier molecular flexibility index (Phi) is 8.53. The average Bonchev–Trinajstić information content (AvgIpc) is 2.68. The first-order valence-corrected chi connectivity index (χ1v) is 8.40. The molecule has 0 aliphatic heterocycles. The van der Waals surface area contributed by atoms with Gasteiger partial charge < -0.3 is 5.32 Å². The maximum Gasteiger partial charge on any atom is 0.0384 e. The molecule has 1 heteroatoms. The fraction of sp³-hybridized carbons (Fsp3) is 0.0833. The second-order valence-electron chi connectivity index (χ2n) is 5.18. The molecule has 0 aromatic heterocycles. The summed E-state index contributed by atoms with van der Waals surface area (Å²) in [7, 11) is 0. The summed E-state index contributed by atoms with van der Waals surface area (Å²) in [6, 6.07) is 18.6. The molecule has 0 saturated carbocycles. The molecule has 0 radical (unpaired) electrons. The van der Waals surface area contributed by atoms with Crippen molar-refractivity contribution in [1.29, 1.82) is 0 Å². The highest BCUT2D eigenvalue weighted by atomic mass is 14.9. The molecule has 0 bridgehead atoms. The molecule has 1 nitrogen and oxygen atoms in total. The second kappa shape index (κ2) is 10.7. The Morgan fingerprint density at radius 3 is 1.88 bits per heavy atom. The van der Waals surface area contributed by atoms with E-state index in [0.717, 1.165) is 22.5 Å². The third kappa shape index (κ3) is 6.52. The maximum absolute atomic E-state index is 3.99.